The van der Waals surface area contributed by atoms with Crippen molar-refractivity contribution in [3.8, 4) is 0 Å². The number of hydrogen-bond donors (Lipinski definition) is 1. The van der Waals surface area contributed by atoms with E-state index in [0.29, 0.717) is 19.0 Å². The summed E-state index contributed by atoms with van der Waals surface area (Å²) in [6, 6.07) is 2.63. The summed E-state index contributed by atoms with van der Waals surface area (Å²) < 4.78 is 1.10. The molecule has 1 aliphatic rings. The van der Waals surface area contributed by atoms with Crippen LogP contribution in [0, 0.1) is 0 Å². The fraction of sp³-hybridized carbons (Fsp3) is 0.615. The highest BCUT2D eigenvalue weighted by molar-refractivity contribution is 9.10. The van der Waals surface area contributed by atoms with E-state index < -0.39 is 0 Å². The van der Waals surface area contributed by atoms with Crippen LogP contribution in [0.25, 0.3) is 0 Å². The molecular weight excluding hydrogens is 312 g/mol. The van der Waals surface area contributed by atoms with E-state index in [1.165, 1.54) is 17.7 Å². The van der Waals surface area contributed by atoms with Crippen molar-refractivity contribution in [3.63, 3.8) is 0 Å². The van der Waals surface area contributed by atoms with Gasteiger partial charge in [0.2, 0.25) is 5.91 Å². The number of hydrogen-bond acceptors (Lipinski definition) is 3. The fourth-order valence-corrected chi connectivity index (χ4v) is 3.75. The minimum absolute atomic E-state index is 0.244. The van der Waals surface area contributed by atoms with Crippen molar-refractivity contribution >= 4 is 33.2 Å². The van der Waals surface area contributed by atoms with E-state index in [-0.39, 0.29) is 5.91 Å². The van der Waals surface area contributed by atoms with Crippen molar-refractivity contribution in [2.75, 3.05) is 13.6 Å². The predicted molar refractivity (Wildman–Crippen MR) is 78.8 cm³/mol. The van der Waals surface area contributed by atoms with E-state index in [2.05, 4.69) is 32.7 Å². The molecule has 1 saturated heterocycles. The van der Waals surface area contributed by atoms with Gasteiger partial charge in [-0.05, 0) is 47.8 Å². The van der Waals surface area contributed by atoms with Crippen LogP contribution in [-0.2, 0) is 11.3 Å². The van der Waals surface area contributed by atoms with Crippen molar-refractivity contribution in [3.05, 3.63) is 20.8 Å². The topological polar surface area (TPSA) is 32.3 Å². The van der Waals surface area contributed by atoms with Crippen molar-refractivity contribution in [1.82, 2.24) is 10.2 Å². The van der Waals surface area contributed by atoms with E-state index >= 15 is 0 Å². The second-order valence-electron chi connectivity index (χ2n) is 4.81. The molecule has 0 aliphatic carbocycles. The molecular formula is C13H19BrN2OS. The fourth-order valence-electron chi connectivity index (χ4n) is 2.25. The summed E-state index contributed by atoms with van der Waals surface area (Å²) in [6.07, 6.45) is 4.09. The van der Waals surface area contributed by atoms with Gasteiger partial charge in [-0.3, -0.25) is 4.79 Å². The second-order valence-corrected chi connectivity index (χ2v) is 6.72. The molecule has 1 N–H and O–H groups in total. The molecule has 1 aromatic rings. The lowest BCUT2D eigenvalue weighted by Crippen LogP contribution is -2.28. The van der Waals surface area contributed by atoms with Crippen LogP contribution in [-0.4, -0.2) is 30.4 Å². The molecule has 18 heavy (non-hydrogen) atoms. The summed E-state index contributed by atoms with van der Waals surface area (Å²) in [6.45, 7) is 1.82. The number of halogens is 1. The first-order valence-corrected chi connectivity index (χ1v) is 8.02. The van der Waals surface area contributed by atoms with E-state index in [0.717, 1.165) is 17.4 Å². The Bertz CT molecular complexity index is 401. The summed E-state index contributed by atoms with van der Waals surface area (Å²) in [5.41, 5.74) is 0. The number of nitrogens with one attached hydrogen (secondary N) is 1. The first kappa shape index (κ1) is 14.0. The van der Waals surface area contributed by atoms with Crippen molar-refractivity contribution in [2.45, 2.75) is 38.3 Å². The zero-order chi connectivity index (χ0) is 13.0. The molecule has 1 fully saturated rings. The number of carbonyl (C=O) groups is 1. The van der Waals surface area contributed by atoms with Crippen LogP contribution in [0.15, 0.2) is 15.9 Å². The summed E-state index contributed by atoms with van der Waals surface area (Å²) in [5, 5.41) is 5.48. The molecule has 100 valence electrons. The smallest absolute Gasteiger partial charge is 0.222 e. The Kier molecular flexibility index (Phi) is 5.21. The zero-order valence-electron chi connectivity index (χ0n) is 10.6. The van der Waals surface area contributed by atoms with Gasteiger partial charge < -0.3 is 10.2 Å². The van der Waals surface area contributed by atoms with E-state index in [1.54, 1.807) is 11.3 Å². The number of amides is 1. The summed E-state index contributed by atoms with van der Waals surface area (Å²) in [4.78, 5) is 15.0. The van der Waals surface area contributed by atoms with Gasteiger partial charge in [0.05, 0.1) is 6.54 Å². The van der Waals surface area contributed by atoms with Gasteiger partial charge in [-0.2, -0.15) is 0 Å². The Hall–Kier alpha value is -0.390. The Balaban J connectivity index is 1.74. The largest absolute Gasteiger partial charge is 0.341 e. The van der Waals surface area contributed by atoms with Gasteiger partial charge in [0.15, 0.2) is 0 Å². The van der Waals surface area contributed by atoms with Crippen LogP contribution < -0.4 is 5.32 Å². The maximum absolute atomic E-state index is 12.0. The lowest BCUT2D eigenvalue weighted by molar-refractivity contribution is -0.130. The van der Waals surface area contributed by atoms with Gasteiger partial charge in [0, 0.05) is 34.2 Å². The molecule has 0 radical (unpaired) electrons. The second kappa shape index (κ2) is 6.68. The highest BCUT2D eigenvalue weighted by Crippen LogP contribution is 2.21. The van der Waals surface area contributed by atoms with Gasteiger partial charge >= 0.3 is 0 Å². The number of carbonyl (C=O) groups excluding carboxylic acids is 1. The normalized spacial score (nSPS) is 19.1. The molecule has 1 aliphatic heterocycles. The molecule has 2 heterocycles. The third-order valence-corrected chi connectivity index (χ3v) is 4.99. The first-order chi connectivity index (χ1) is 8.65. The number of rotatable bonds is 5. The van der Waals surface area contributed by atoms with Crippen LogP contribution in [0.2, 0.25) is 0 Å². The molecule has 0 aromatic carbocycles. The Labute approximate surface area is 121 Å². The van der Waals surface area contributed by atoms with Crippen molar-refractivity contribution < 1.29 is 4.79 Å². The quantitative estimate of drug-likeness (QED) is 0.900. The zero-order valence-corrected chi connectivity index (χ0v) is 13.0. The van der Waals surface area contributed by atoms with Gasteiger partial charge in [-0.1, -0.05) is 0 Å². The third-order valence-electron chi connectivity index (χ3n) is 3.31. The van der Waals surface area contributed by atoms with Crippen LogP contribution in [0.4, 0.5) is 0 Å². The van der Waals surface area contributed by atoms with E-state index in [1.807, 2.05) is 11.9 Å². The molecule has 2 rings (SSSR count). The maximum Gasteiger partial charge on any atom is 0.222 e. The van der Waals surface area contributed by atoms with Gasteiger partial charge in [0.1, 0.15) is 0 Å². The average Bonchev–Trinajstić information content (AvgIpc) is 2.97. The lowest BCUT2D eigenvalue weighted by Gasteiger charge is -2.17. The Morgan fingerprint density at radius 1 is 1.67 bits per heavy atom. The Morgan fingerprint density at radius 2 is 2.50 bits per heavy atom. The van der Waals surface area contributed by atoms with E-state index in [9.17, 15) is 4.79 Å². The summed E-state index contributed by atoms with van der Waals surface area (Å²) >= 11 is 5.12. The monoisotopic (exact) mass is 330 g/mol. The molecule has 5 heteroatoms. The third kappa shape index (κ3) is 4.07. The van der Waals surface area contributed by atoms with Crippen molar-refractivity contribution in [1.29, 1.82) is 0 Å². The minimum atomic E-state index is 0.244. The molecule has 0 bridgehead atoms. The molecule has 1 unspecified atom stereocenters. The minimum Gasteiger partial charge on any atom is -0.341 e. The SMILES string of the molecule is CN(Cc1cc(Br)cs1)C(=O)CCC1CCCN1. The Morgan fingerprint density at radius 3 is 3.11 bits per heavy atom. The van der Waals surface area contributed by atoms with E-state index in [4.69, 9.17) is 0 Å². The van der Waals surface area contributed by atoms with Crippen LogP contribution >= 0.6 is 27.3 Å². The predicted octanol–water partition coefficient (Wildman–Crippen LogP) is 3.00. The number of thiophene rings is 1. The molecule has 0 saturated carbocycles. The molecule has 1 amide bonds. The molecule has 1 aromatic heterocycles. The standard InChI is InChI=1S/C13H19BrN2OS/c1-16(8-12-7-10(14)9-18-12)13(17)5-4-11-3-2-6-15-11/h7,9,11,15H,2-6,8H2,1H3. The summed E-state index contributed by atoms with van der Waals surface area (Å²) in [5.74, 6) is 0.244. The molecule has 1 atom stereocenters. The lowest BCUT2D eigenvalue weighted by atomic mass is 10.1. The molecule has 3 nitrogen and oxygen atoms in total. The van der Waals surface area contributed by atoms with Crippen LogP contribution in [0.5, 0.6) is 0 Å². The highest BCUT2D eigenvalue weighted by Gasteiger charge is 2.17. The number of nitrogens with zero attached hydrogens (tertiary/aromatic N) is 1. The van der Waals surface area contributed by atoms with Gasteiger partial charge in [-0.25, -0.2) is 0 Å². The van der Waals surface area contributed by atoms with Gasteiger partial charge in [-0.15, -0.1) is 11.3 Å². The summed E-state index contributed by atoms with van der Waals surface area (Å²) in [7, 11) is 1.89. The first-order valence-electron chi connectivity index (χ1n) is 6.35. The van der Waals surface area contributed by atoms with Gasteiger partial charge in [0.25, 0.3) is 0 Å². The average molecular weight is 331 g/mol. The maximum atomic E-state index is 12.0. The van der Waals surface area contributed by atoms with Crippen LogP contribution in [0.3, 0.4) is 0 Å². The molecule has 0 spiro atoms. The van der Waals surface area contributed by atoms with Crippen molar-refractivity contribution in [2.24, 2.45) is 0 Å². The highest BCUT2D eigenvalue weighted by atomic mass is 79.9. The van der Waals surface area contributed by atoms with Crippen LogP contribution in [0.1, 0.15) is 30.6 Å².